The summed E-state index contributed by atoms with van der Waals surface area (Å²) >= 11 is 3.05. The summed E-state index contributed by atoms with van der Waals surface area (Å²) in [4.78, 5) is 44.0. The zero-order chi connectivity index (χ0) is 15.0. The van der Waals surface area contributed by atoms with Crippen molar-refractivity contribution in [2.24, 2.45) is 0 Å². The molecule has 2 N–H and O–H groups in total. The number of halogens is 1. The third-order valence-electron chi connectivity index (χ3n) is 2.95. The molecule has 1 aromatic carbocycles. The summed E-state index contributed by atoms with van der Waals surface area (Å²) in [7, 11) is 0. The fourth-order valence-corrected chi connectivity index (χ4v) is 2.32. The van der Waals surface area contributed by atoms with Gasteiger partial charge in [-0.25, -0.2) is 9.78 Å². The maximum absolute atomic E-state index is 11.9. The molecule has 0 aliphatic heterocycles. The van der Waals surface area contributed by atoms with Gasteiger partial charge in [-0.15, -0.1) is 0 Å². The van der Waals surface area contributed by atoms with Crippen LogP contribution in [0.5, 0.6) is 0 Å². The molecule has 0 atom stereocenters. The summed E-state index contributed by atoms with van der Waals surface area (Å²) in [6.07, 6.45) is 1.36. The second kappa shape index (κ2) is 5.13. The Labute approximate surface area is 125 Å². The number of nitrogens with one attached hydrogen (secondary N) is 2. The van der Waals surface area contributed by atoms with Crippen LogP contribution < -0.4 is 16.8 Å². The van der Waals surface area contributed by atoms with E-state index in [2.05, 4.69) is 30.9 Å². The van der Waals surface area contributed by atoms with Crippen molar-refractivity contribution < 1.29 is 0 Å². The van der Waals surface area contributed by atoms with Gasteiger partial charge in [0.15, 0.2) is 0 Å². The third-order valence-corrected chi connectivity index (χ3v) is 3.51. The Morgan fingerprint density at radius 1 is 1.10 bits per heavy atom. The van der Waals surface area contributed by atoms with Crippen molar-refractivity contribution in [3.05, 3.63) is 72.0 Å². The number of rotatable bonds is 2. The summed E-state index contributed by atoms with van der Waals surface area (Å²) in [6, 6.07) is 6.93. The van der Waals surface area contributed by atoms with E-state index < -0.39 is 11.2 Å². The van der Waals surface area contributed by atoms with Gasteiger partial charge in [0, 0.05) is 6.20 Å². The molecule has 0 fully saturated rings. The number of H-pyrrole nitrogens is 2. The number of fused-ring (bicyclic) bond motifs is 1. The Morgan fingerprint density at radius 2 is 1.86 bits per heavy atom. The number of hydrogen-bond acceptors (Lipinski definition) is 4. The number of nitrogens with zero attached hydrogens (tertiary/aromatic N) is 2. The Morgan fingerprint density at radius 3 is 2.67 bits per heavy atom. The van der Waals surface area contributed by atoms with Crippen molar-refractivity contribution in [1.82, 2.24) is 19.5 Å². The molecule has 0 aliphatic rings. The van der Waals surface area contributed by atoms with Gasteiger partial charge in [0.1, 0.15) is 5.82 Å². The molecule has 0 saturated heterocycles. The Bertz CT molecular complexity index is 1000. The van der Waals surface area contributed by atoms with Gasteiger partial charge in [-0.05, 0) is 28.1 Å². The van der Waals surface area contributed by atoms with Crippen LogP contribution in [0.25, 0.3) is 10.9 Å². The topological polar surface area (TPSA) is 101 Å². The lowest BCUT2D eigenvalue weighted by atomic mass is 10.2. The zero-order valence-corrected chi connectivity index (χ0v) is 12.2. The molecule has 7 nitrogen and oxygen atoms in total. The molecule has 8 heteroatoms. The number of benzene rings is 1. The summed E-state index contributed by atoms with van der Waals surface area (Å²) < 4.78 is 1.48. The molecule has 2 heterocycles. The van der Waals surface area contributed by atoms with E-state index in [4.69, 9.17) is 0 Å². The average Bonchev–Trinajstić information content (AvgIpc) is 2.45. The van der Waals surface area contributed by atoms with Crippen LogP contribution in [0.3, 0.4) is 0 Å². The summed E-state index contributed by atoms with van der Waals surface area (Å²) in [5.41, 5.74) is -0.796. The maximum atomic E-state index is 11.9. The van der Waals surface area contributed by atoms with Crippen molar-refractivity contribution >= 4 is 26.8 Å². The van der Waals surface area contributed by atoms with Crippen molar-refractivity contribution in [3.63, 3.8) is 0 Å². The van der Waals surface area contributed by atoms with Gasteiger partial charge < -0.3 is 4.98 Å². The molecular weight excluding hydrogens is 340 g/mol. The Hall–Kier alpha value is -2.48. The predicted octanol–water partition coefficient (Wildman–Crippen LogP) is 0.584. The largest absolute Gasteiger partial charge is 0.328 e. The van der Waals surface area contributed by atoms with E-state index in [0.717, 1.165) is 0 Å². The van der Waals surface area contributed by atoms with Crippen LogP contribution in [0.4, 0.5) is 0 Å². The van der Waals surface area contributed by atoms with E-state index in [1.54, 1.807) is 24.3 Å². The highest BCUT2D eigenvalue weighted by Crippen LogP contribution is 2.06. The fourth-order valence-electron chi connectivity index (χ4n) is 1.97. The first-order valence-corrected chi connectivity index (χ1v) is 6.81. The SMILES string of the molecule is O=c1[nH]c(=O)n(Cc2nc3ccccc3c(=O)[nH]2)cc1Br. The molecule has 0 unspecified atom stereocenters. The molecule has 0 saturated carbocycles. The lowest BCUT2D eigenvalue weighted by molar-refractivity contribution is 0.683. The molecule has 0 radical (unpaired) electrons. The molecule has 0 amide bonds. The molecule has 3 rings (SSSR count). The average molecular weight is 349 g/mol. The van der Waals surface area contributed by atoms with Crippen LogP contribution in [0, 0.1) is 0 Å². The lowest BCUT2D eigenvalue weighted by Gasteiger charge is -2.06. The van der Waals surface area contributed by atoms with Crippen LogP contribution in [0.2, 0.25) is 0 Å². The quantitative estimate of drug-likeness (QED) is 0.707. The second-order valence-corrected chi connectivity index (χ2v) is 5.25. The van der Waals surface area contributed by atoms with Crippen LogP contribution in [0.1, 0.15) is 5.82 Å². The van der Waals surface area contributed by atoms with Crippen LogP contribution in [-0.2, 0) is 6.54 Å². The highest BCUT2D eigenvalue weighted by Gasteiger charge is 2.07. The molecule has 21 heavy (non-hydrogen) atoms. The minimum Gasteiger partial charge on any atom is -0.308 e. The standard InChI is InChI=1S/C13H9BrN4O3/c14-8-5-18(13(21)17-12(8)20)6-10-15-9-4-2-1-3-7(9)11(19)16-10/h1-5H,6H2,(H,15,16,19)(H,17,20,21). The van der Waals surface area contributed by atoms with Crippen molar-refractivity contribution in [3.8, 4) is 0 Å². The van der Waals surface area contributed by atoms with Crippen LogP contribution >= 0.6 is 15.9 Å². The van der Waals surface area contributed by atoms with Gasteiger partial charge in [0.2, 0.25) is 0 Å². The van der Waals surface area contributed by atoms with E-state index in [1.807, 2.05) is 0 Å². The van der Waals surface area contributed by atoms with Gasteiger partial charge >= 0.3 is 5.69 Å². The molecule has 106 valence electrons. The zero-order valence-electron chi connectivity index (χ0n) is 10.6. The smallest absolute Gasteiger partial charge is 0.308 e. The van der Waals surface area contributed by atoms with E-state index >= 15 is 0 Å². The minimum absolute atomic E-state index is 0.0499. The number of hydrogen-bond donors (Lipinski definition) is 2. The van der Waals surface area contributed by atoms with Crippen LogP contribution in [0.15, 0.2) is 49.3 Å². The summed E-state index contributed by atoms with van der Waals surface area (Å²) in [5, 5.41) is 0.483. The Kier molecular flexibility index (Phi) is 3.30. The van der Waals surface area contributed by atoms with E-state index in [9.17, 15) is 14.4 Å². The van der Waals surface area contributed by atoms with E-state index in [-0.39, 0.29) is 16.6 Å². The molecule has 0 spiro atoms. The monoisotopic (exact) mass is 348 g/mol. The number of aromatic amines is 2. The van der Waals surface area contributed by atoms with Gasteiger partial charge in [0.05, 0.1) is 21.9 Å². The van der Waals surface area contributed by atoms with Crippen molar-refractivity contribution in [1.29, 1.82) is 0 Å². The number of aromatic nitrogens is 4. The van der Waals surface area contributed by atoms with Gasteiger partial charge in [-0.3, -0.25) is 19.1 Å². The van der Waals surface area contributed by atoms with Crippen molar-refractivity contribution in [2.75, 3.05) is 0 Å². The molecule has 0 aliphatic carbocycles. The predicted molar refractivity (Wildman–Crippen MR) is 80.5 cm³/mol. The van der Waals surface area contributed by atoms with Gasteiger partial charge in [-0.2, -0.15) is 0 Å². The van der Waals surface area contributed by atoms with Crippen LogP contribution in [-0.4, -0.2) is 19.5 Å². The summed E-state index contributed by atoms with van der Waals surface area (Å²) in [6.45, 7) is 0.0499. The first-order chi connectivity index (χ1) is 10.0. The minimum atomic E-state index is -0.570. The normalized spacial score (nSPS) is 10.9. The first-order valence-electron chi connectivity index (χ1n) is 6.02. The Balaban J connectivity index is 2.11. The van der Waals surface area contributed by atoms with Crippen molar-refractivity contribution in [2.45, 2.75) is 6.54 Å². The first kappa shape index (κ1) is 13.5. The maximum Gasteiger partial charge on any atom is 0.328 e. The molecule has 0 bridgehead atoms. The highest BCUT2D eigenvalue weighted by molar-refractivity contribution is 9.10. The summed E-state index contributed by atoms with van der Waals surface area (Å²) in [5.74, 6) is 0.333. The van der Waals surface area contributed by atoms with Gasteiger partial charge in [0.25, 0.3) is 11.1 Å². The van der Waals surface area contributed by atoms with E-state index in [1.165, 1.54) is 10.8 Å². The number of para-hydroxylation sites is 1. The molecular formula is C13H9BrN4O3. The van der Waals surface area contributed by atoms with E-state index in [0.29, 0.717) is 16.7 Å². The third kappa shape index (κ3) is 2.57. The fraction of sp³-hybridized carbons (Fsp3) is 0.0769. The molecule has 2 aromatic heterocycles. The highest BCUT2D eigenvalue weighted by atomic mass is 79.9. The second-order valence-electron chi connectivity index (χ2n) is 4.39. The van der Waals surface area contributed by atoms with Gasteiger partial charge in [-0.1, -0.05) is 12.1 Å². The lowest BCUT2D eigenvalue weighted by Crippen LogP contribution is -2.31. The molecule has 3 aromatic rings.